The van der Waals surface area contributed by atoms with Crippen LogP contribution < -0.4 is 5.32 Å². The highest BCUT2D eigenvalue weighted by Gasteiger charge is 2.37. The summed E-state index contributed by atoms with van der Waals surface area (Å²) >= 11 is 0. The third kappa shape index (κ3) is 6.30. The topological polar surface area (TPSA) is 97.6 Å². The molecule has 1 aliphatic heterocycles. The second-order valence-electron chi connectivity index (χ2n) is 10.1. The summed E-state index contributed by atoms with van der Waals surface area (Å²) in [5, 5.41) is 11.5. The molecule has 1 aliphatic carbocycles. The van der Waals surface area contributed by atoms with Gasteiger partial charge in [0.1, 0.15) is 6.04 Å². The molecule has 1 aromatic heterocycles. The van der Waals surface area contributed by atoms with Gasteiger partial charge >= 0.3 is 0 Å². The van der Waals surface area contributed by atoms with Gasteiger partial charge in [-0.3, -0.25) is 9.59 Å². The summed E-state index contributed by atoms with van der Waals surface area (Å²) in [4.78, 5) is 27.7. The molecule has 1 saturated heterocycles. The van der Waals surface area contributed by atoms with Crippen LogP contribution in [0.1, 0.15) is 86.9 Å². The van der Waals surface area contributed by atoms with E-state index < -0.39 is 6.04 Å². The highest BCUT2D eigenvalue weighted by atomic mass is 16.5. The molecular formula is C26H36N4O4. The lowest BCUT2D eigenvalue weighted by Gasteiger charge is -2.28. The fourth-order valence-corrected chi connectivity index (χ4v) is 4.79. The number of ether oxygens (including phenoxy) is 1. The fraction of sp³-hybridized carbons (Fsp3) is 0.615. The molecule has 4 rings (SSSR count). The third-order valence-electron chi connectivity index (χ3n) is 6.77. The summed E-state index contributed by atoms with van der Waals surface area (Å²) < 4.78 is 11.6. The maximum Gasteiger partial charge on any atom is 0.286 e. The van der Waals surface area contributed by atoms with Gasteiger partial charge < -0.3 is 19.4 Å². The summed E-state index contributed by atoms with van der Waals surface area (Å²) in [5.74, 6) is 0.509. The van der Waals surface area contributed by atoms with Gasteiger partial charge in [0.2, 0.25) is 17.6 Å². The van der Waals surface area contributed by atoms with Crippen molar-refractivity contribution in [2.24, 2.45) is 0 Å². The molecule has 8 nitrogen and oxygen atoms in total. The SMILES string of the molecule is CC(C)(COCc1ccccc1)NCC(=O)N1CCCC1C(=O)c1nnc(C2CCCCC2)o1. The minimum atomic E-state index is -0.536. The number of carbonyl (C=O) groups is 2. The van der Waals surface area contributed by atoms with Crippen LogP contribution in [0.15, 0.2) is 34.7 Å². The van der Waals surface area contributed by atoms with Crippen molar-refractivity contribution < 1.29 is 18.7 Å². The van der Waals surface area contributed by atoms with Gasteiger partial charge in [-0.25, -0.2) is 0 Å². The maximum absolute atomic E-state index is 13.1. The number of carbonyl (C=O) groups excluding carboxylic acids is 2. The van der Waals surface area contributed by atoms with E-state index >= 15 is 0 Å². The Labute approximate surface area is 201 Å². The second-order valence-corrected chi connectivity index (χ2v) is 10.1. The smallest absolute Gasteiger partial charge is 0.286 e. The Hall–Kier alpha value is -2.58. The first-order valence-electron chi connectivity index (χ1n) is 12.5. The van der Waals surface area contributed by atoms with E-state index in [0.29, 0.717) is 32.1 Å². The molecule has 184 valence electrons. The van der Waals surface area contributed by atoms with E-state index in [4.69, 9.17) is 9.15 Å². The van der Waals surface area contributed by atoms with Gasteiger partial charge in [-0.2, -0.15) is 0 Å². The first-order valence-corrected chi connectivity index (χ1v) is 12.5. The number of likely N-dealkylation sites (tertiary alicyclic amines) is 1. The summed E-state index contributed by atoms with van der Waals surface area (Å²) in [6, 6.07) is 9.46. The number of Topliss-reactive ketones (excluding diaryl/α,β-unsaturated/α-hetero) is 1. The van der Waals surface area contributed by atoms with Crippen molar-refractivity contribution in [1.29, 1.82) is 0 Å². The van der Waals surface area contributed by atoms with Gasteiger partial charge in [-0.15, -0.1) is 10.2 Å². The van der Waals surface area contributed by atoms with Gasteiger partial charge in [0, 0.05) is 18.0 Å². The highest BCUT2D eigenvalue weighted by Crippen LogP contribution is 2.32. The molecule has 34 heavy (non-hydrogen) atoms. The number of hydrogen-bond acceptors (Lipinski definition) is 7. The molecule has 1 saturated carbocycles. The van der Waals surface area contributed by atoms with Crippen LogP contribution in [-0.4, -0.2) is 58.1 Å². The number of nitrogens with zero attached hydrogens (tertiary/aromatic N) is 3. The molecule has 8 heteroatoms. The summed E-state index contributed by atoms with van der Waals surface area (Å²) in [7, 11) is 0. The van der Waals surface area contributed by atoms with Crippen LogP contribution in [0.3, 0.4) is 0 Å². The van der Waals surface area contributed by atoms with E-state index in [-0.39, 0.29) is 35.6 Å². The predicted octanol–water partition coefficient (Wildman–Crippen LogP) is 3.88. The molecule has 0 spiro atoms. The monoisotopic (exact) mass is 468 g/mol. The minimum absolute atomic E-state index is 0.0351. The Balaban J connectivity index is 1.28. The van der Waals surface area contributed by atoms with Crippen molar-refractivity contribution in [1.82, 2.24) is 20.4 Å². The van der Waals surface area contributed by atoms with Gasteiger partial charge in [0.05, 0.1) is 19.8 Å². The average molecular weight is 469 g/mol. The number of nitrogens with one attached hydrogen (secondary N) is 1. The Bertz CT molecular complexity index is 953. The summed E-state index contributed by atoms with van der Waals surface area (Å²) in [5.41, 5.74) is 0.728. The van der Waals surface area contributed by atoms with Crippen molar-refractivity contribution in [2.45, 2.75) is 82.9 Å². The lowest BCUT2D eigenvalue weighted by molar-refractivity contribution is -0.130. The molecule has 0 bridgehead atoms. The summed E-state index contributed by atoms with van der Waals surface area (Å²) in [6.07, 6.45) is 7.01. The zero-order chi connectivity index (χ0) is 24.0. The number of amides is 1. The standard InChI is InChI=1S/C26H36N4O4/c1-26(2,18-33-17-19-10-5-3-6-11-19)27-16-22(31)30-15-9-14-21(30)23(32)25-29-28-24(34-25)20-12-7-4-8-13-20/h3,5-6,10-11,20-21,27H,4,7-9,12-18H2,1-2H3. The first kappa shape index (κ1) is 24.5. The second kappa shape index (κ2) is 11.2. The van der Waals surface area contributed by atoms with E-state index in [1.165, 1.54) is 6.42 Å². The fourth-order valence-electron chi connectivity index (χ4n) is 4.79. The molecular weight excluding hydrogens is 432 g/mol. The van der Waals surface area contributed by atoms with Gasteiger partial charge in [0.25, 0.3) is 5.89 Å². The minimum Gasteiger partial charge on any atom is -0.418 e. The van der Waals surface area contributed by atoms with Crippen molar-refractivity contribution in [3.8, 4) is 0 Å². The Morgan fingerprint density at radius 2 is 1.85 bits per heavy atom. The van der Waals surface area contributed by atoms with Crippen molar-refractivity contribution in [2.75, 3.05) is 19.7 Å². The van der Waals surface area contributed by atoms with Gasteiger partial charge in [0.15, 0.2) is 0 Å². The average Bonchev–Trinajstić information content (AvgIpc) is 3.54. The normalized spacial score (nSPS) is 19.5. The van der Waals surface area contributed by atoms with Gasteiger partial charge in [-0.1, -0.05) is 49.6 Å². The lowest BCUT2D eigenvalue weighted by atomic mass is 9.89. The zero-order valence-corrected chi connectivity index (χ0v) is 20.3. The number of aromatic nitrogens is 2. The quantitative estimate of drug-likeness (QED) is 0.529. The predicted molar refractivity (Wildman–Crippen MR) is 127 cm³/mol. The van der Waals surface area contributed by atoms with Crippen molar-refractivity contribution in [3.05, 3.63) is 47.7 Å². The lowest BCUT2D eigenvalue weighted by Crippen LogP contribution is -2.51. The van der Waals surface area contributed by atoms with Crippen LogP contribution in [0.25, 0.3) is 0 Å². The van der Waals surface area contributed by atoms with Crippen LogP contribution in [0.2, 0.25) is 0 Å². The highest BCUT2D eigenvalue weighted by molar-refractivity contribution is 5.98. The van der Waals surface area contributed by atoms with Crippen LogP contribution in [-0.2, 0) is 16.1 Å². The number of hydrogen-bond donors (Lipinski definition) is 1. The number of ketones is 1. The van der Waals surface area contributed by atoms with E-state index in [1.54, 1.807) is 4.90 Å². The molecule has 1 amide bonds. The van der Waals surface area contributed by atoms with Crippen LogP contribution in [0, 0.1) is 0 Å². The van der Waals surface area contributed by atoms with Crippen molar-refractivity contribution in [3.63, 3.8) is 0 Å². The van der Waals surface area contributed by atoms with E-state index in [1.807, 2.05) is 44.2 Å². The van der Waals surface area contributed by atoms with E-state index in [9.17, 15) is 9.59 Å². The Morgan fingerprint density at radius 3 is 2.62 bits per heavy atom. The molecule has 0 radical (unpaired) electrons. The number of benzene rings is 1. The molecule has 1 N–H and O–H groups in total. The molecule has 1 unspecified atom stereocenters. The van der Waals surface area contributed by atoms with E-state index in [2.05, 4.69) is 15.5 Å². The number of rotatable bonds is 10. The molecule has 2 heterocycles. The molecule has 2 aliphatic rings. The zero-order valence-electron chi connectivity index (χ0n) is 20.3. The third-order valence-corrected chi connectivity index (χ3v) is 6.77. The van der Waals surface area contributed by atoms with Crippen molar-refractivity contribution >= 4 is 11.7 Å². The molecule has 1 atom stereocenters. The maximum atomic E-state index is 13.1. The largest absolute Gasteiger partial charge is 0.418 e. The molecule has 2 aromatic rings. The van der Waals surface area contributed by atoms with Gasteiger partial charge in [-0.05, 0) is 45.1 Å². The Kier molecular flexibility index (Phi) is 8.11. The summed E-state index contributed by atoms with van der Waals surface area (Å²) in [6.45, 7) is 5.69. The van der Waals surface area contributed by atoms with Crippen LogP contribution in [0.4, 0.5) is 0 Å². The molecule has 2 fully saturated rings. The van der Waals surface area contributed by atoms with E-state index in [0.717, 1.165) is 37.7 Å². The molecule has 1 aromatic carbocycles. The Morgan fingerprint density at radius 1 is 1.09 bits per heavy atom. The van der Waals surface area contributed by atoms with Crippen LogP contribution in [0.5, 0.6) is 0 Å². The first-order chi connectivity index (χ1) is 16.4. The van der Waals surface area contributed by atoms with Crippen LogP contribution >= 0.6 is 0 Å².